The summed E-state index contributed by atoms with van der Waals surface area (Å²) in [5.74, 6) is 11.2. The van der Waals surface area contributed by atoms with Crippen LogP contribution in [0.15, 0.2) is 59.6 Å². The van der Waals surface area contributed by atoms with E-state index in [1.54, 1.807) is 0 Å². The van der Waals surface area contributed by atoms with E-state index in [1.165, 1.54) is 11.1 Å². The summed E-state index contributed by atoms with van der Waals surface area (Å²) in [5, 5.41) is 1.98. The maximum absolute atomic E-state index is 14.0. The number of hydrogen-bond acceptors (Lipinski definition) is 2. The SMILES string of the molecule is Cc1ccc(C#Cc2ccc(C#Cc3cc(F)c(N=C=S)c(F)c3)cc2C2CC2)cc1. The first-order chi connectivity index (χ1) is 15.0. The quantitative estimate of drug-likeness (QED) is 0.253. The van der Waals surface area contributed by atoms with Crippen LogP contribution in [0.5, 0.6) is 0 Å². The van der Waals surface area contributed by atoms with Crippen molar-refractivity contribution in [3.63, 3.8) is 0 Å². The summed E-state index contributed by atoms with van der Waals surface area (Å²) >= 11 is 4.41. The Kier molecular flexibility index (Phi) is 6.06. The van der Waals surface area contributed by atoms with E-state index >= 15 is 0 Å². The minimum Gasteiger partial charge on any atom is -0.204 e. The number of benzene rings is 3. The molecule has 0 spiro atoms. The summed E-state index contributed by atoms with van der Waals surface area (Å²) in [5.41, 5.74) is 4.91. The third-order valence-electron chi connectivity index (χ3n) is 4.99. The van der Waals surface area contributed by atoms with Gasteiger partial charge in [-0.15, -0.1) is 0 Å². The fraction of sp³-hybridized carbons (Fsp3) is 0.148. The number of aliphatic imine (C=N–C) groups is 1. The molecule has 1 aliphatic rings. The molecule has 1 saturated carbocycles. The van der Waals surface area contributed by atoms with Crippen LogP contribution in [-0.4, -0.2) is 5.16 Å². The number of hydrogen-bond donors (Lipinski definition) is 0. The lowest BCUT2D eigenvalue weighted by atomic mass is 10.00. The normalized spacial score (nSPS) is 12.1. The minimum atomic E-state index is -0.818. The molecular weight excluding hydrogens is 408 g/mol. The Bertz CT molecular complexity index is 1300. The molecule has 0 amide bonds. The average Bonchev–Trinajstić information content (AvgIpc) is 3.60. The zero-order valence-corrected chi connectivity index (χ0v) is 17.6. The molecule has 1 aliphatic carbocycles. The summed E-state index contributed by atoms with van der Waals surface area (Å²) in [4.78, 5) is 3.41. The van der Waals surface area contributed by atoms with Crippen molar-refractivity contribution in [2.24, 2.45) is 4.99 Å². The van der Waals surface area contributed by atoms with E-state index in [2.05, 4.69) is 40.9 Å². The Morgan fingerprint density at radius 1 is 0.806 bits per heavy atom. The van der Waals surface area contributed by atoms with Gasteiger partial charge in [0.25, 0.3) is 0 Å². The number of aryl methyl sites for hydroxylation is 1. The maximum atomic E-state index is 14.0. The van der Waals surface area contributed by atoms with Crippen molar-refractivity contribution in [1.82, 2.24) is 0 Å². The molecule has 31 heavy (non-hydrogen) atoms. The minimum absolute atomic E-state index is 0.231. The molecule has 0 saturated heterocycles. The molecule has 150 valence electrons. The fourth-order valence-electron chi connectivity index (χ4n) is 3.20. The molecule has 3 aromatic rings. The summed E-state index contributed by atoms with van der Waals surface area (Å²) in [6.45, 7) is 2.05. The molecule has 3 aromatic carbocycles. The molecule has 0 heterocycles. The van der Waals surface area contributed by atoms with E-state index in [9.17, 15) is 8.78 Å². The van der Waals surface area contributed by atoms with Gasteiger partial charge >= 0.3 is 0 Å². The van der Waals surface area contributed by atoms with Crippen LogP contribution >= 0.6 is 12.2 Å². The van der Waals surface area contributed by atoms with E-state index in [0.717, 1.165) is 41.7 Å². The third-order valence-corrected chi connectivity index (χ3v) is 5.08. The molecular formula is C27H17F2NS. The highest BCUT2D eigenvalue weighted by Gasteiger charge is 2.25. The lowest BCUT2D eigenvalue weighted by Crippen LogP contribution is -1.90. The van der Waals surface area contributed by atoms with Crippen molar-refractivity contribution in [2.75, 3.05) is 0 Å². The molecule has 0 unspecified atom stereocenters. The number of halogens is 2. The zero-order chi connectivity index (χ0) is 21.8. The smallest absolute Gasteiger partial charge is 0.153 e. The van der Waals surface area contributed by atoms with Crippen molar-refractivity contribution >= 4 is 23.1 Å². The van der Waals surface area contributed by atoms with Crippen LogP contribution in [0.4, 0.5) is 14.5 Å². The van der Waals surface area contributed by atoms with Crippen molar-refractivity contribution < 1.29 is 8.78 Å². The molecule has 0 bridgehead atoms. The number of thiocarbonyl (C=S) groups is 1. The van der Waals surface area contributed by atoms with E-state index in [-0.39, 0.29) is 5.56 Å². The molecule has 1 fully saturated rings. The van der Waals surface area contributed by atoms with Gasteiger partial charge in [-0.05, 0) is 85.9 Å². The molecule has 0 aromatic heterocycles. The lowest BCUT2D eigenvalue weighted by molar-refractivity contribution is 0.587. The predicted molar refractivity (Wildman–Crippen MR) is 123 cm³/mol. The first-order valence-corrected chi connectivity index (χ1v) is 10.3. The van der Waals surface area contributed by atoms with Gasteiger partial charge < -0.3 is 0 Å². The van der Waals surface area contributed by atoms with E-state index in [4.69, 9.17) is 0 Å². The van der Waals surface area contributed by atoms with Crippen LogP contribution in [-0.2, 0) is 0 Å². The van der Waals surface area contributed by atoms with Gasteiger partial charge in [0.05, 0.1) is 5.16 Å². The van der Waals surface area contributed by atoms with Crippen LogP contribution in [0.2, 0.25) is 0 Å². The van der Waals surface area contributed by atoms with Crippen LogP contribution in [0.3, 0.4) is 0 Å². The van der Waals surface area contributed by atoms with Gasteiger partial charge in [-0.3, -0.25) is 0 Å². The molecule has 0 atom stereocenters. The van der Waals surface area contributed by atoms with Crippen LogP contribution in [0.25, 0.3) is 0 Å². The average molecular weight is 426 g/mol. The first kappa shape index (κ1) is 20.7. The van der Waals surface area contributed by atoms with Crippen molar-refractivity contribution in [1.29, 1.82) is 0 Å². The number of rotatable bonds is 2. The Balaban J connectivity index is 1.63. The Hall–Kier alpha value is -3.56. The summed E-state index contributed by atoms with van der Waals surface area (Å²) in [6.07, 6.45) is 2.27. The van der Waals surface area contributed by atoms with Crippen LogP contribution < -0.4 is 0 Å². The lowest BCUT2D eigenvalue weighted by Gasteiger charge is -2.04. The summed E-state index contributed by atoms with van der Waals surface area (Å²) in [6, 6.07) is 16.3. The molecule has 1 nitrogen and oxygen atoms in total. The van der Waals surface area contributed by atoms with Crippen molar-refractivity contribution in [2.45, 2.75) is 25.7 Å². The highest BCUT2D eigenvalue weighted by Crippen LogP contribution is 2.41. The molecule has 4 heteroatoms. The van der Waals surface area contributed by atoms with Crippen LogP contribution in [0.1, 0.15) is 52.1 Å². The molecule has 0 radical (unpaired) electrons. The third kappa shape index (κ3) is 5.14. The molecule has 0 aliphatic heterocycles. The summed E-state index contributed by atoms with van der Waals surface area (Å²) < 4.78 is 28.0. The number of isothiocyanates is 1. The monoisotopic (exact) mass is 425 g/mol. The van der Waals surface area contributed by atoms with Crippen molar-refractivity contribution in [3.05, 3.63) is 99.6 Å². The van der Waals surface area contributed by atoms with Gasteiger partial charge in [-0.1, -0.05) is 41.4 Å². The molecule has 4 rings (SSSR count). The van der Waals surface area contributed by atoms with E-state index in [1.807, 2.05) is 54.5 Å². The van der Waals surface area contributed by atoms with Gasteiger partial charge in [0.1, 0.15) is 5.69 Å². The highest BCUT2D eigenvalue weighted by molar-refractivity contribution is 7.78. The van der Waals surface area contributed by atoms with Gasteiger partial charge in [-0.2, -0.15) is 4.99 Å². The second-order valence-corrected chi connectivity index (χ2v) is 7.62. The second-order valence-electron chi connectivity index (χ2n) is 7.43. The number of nitrogens with zero attached hydrogens (tertiary/aromatic N) is 1. The maximum Gasteiger partial charge on any atom is 0.153 e. The van der Waals surface area contributed by atoms with Gasteiger partial charge in [0.15, 0.2) is 11.6 Å². The Morgan fingerprint density at radius 2 is 1.42 bits per heavy atom. The van der Waals surface area contributed by atoms with Gasteiger partial charge in [-0.25, -0.2) is 8.78 Å². The first-order valence-electron chi connectivity index (χ1n) is 9.85. The zero-order valence-electron chi connectivity index (χ0n) is 16.8. The molecule has 0 N–H and O–H groups in total. The Morgan fingerprint density at radius 3 is 2.06 bits per heavy atom. The predicted octanol–water partition coefficient (Wildman–Crippen LogP) is 6.68. The highest BCUT2D eigenvalue weighted by atomic mass is 32.1. The second kappa shape index (κ2) is 9.07. The summed E-state index contributed by atoms with van der Waals surface area (Å²) in [7, 11) is 0. The van der Waals surface area contributed by atoms with Crippen molar-refractivity contribution in [3.8, 4) is 23.7 Å². The van der Waals surface area contributed by atoms with Crippen LogP contribution in [0, 0.1) is 42.2 Å². The van der Waals surface area contributed by atoms with Gasteiger partial charge in [0, 0.05) is 22.3 Å². The standard InChI is InChI=1S/C27H17F2NS/c1-18-2-4-19(5-3-18)8-10-22-11-9-20(14-24(22)23-12-13-23)6-7-21-15-25(28)27(30-17-31)26(29)16-21/h2-5,9,11,14-16,23H,12-13H2,1H3. The Labute approximate surface area is 185 Å². The van der Waals surface area contributed by atoms with E-state index < -0.39 is 17.3 Å². The topological polar surface area (TPSA) is 12.4 Å². The fourth-order valence-corrected chi connectivity index (χ4v) is 3.29. The largest absolute Gasteiger partial charge is 0.204 e. The van der Waals surface area contributed by atoms with Gasteiger partial charge in [0.2, 0.25) is 0 Å². The van der Waals surface area contributed by atoms with E-state index in [0.29, 0.717) is 5.92 Å².